The van der Waals surface area contributed by atoms with E-state index in [1.54, 1.807) is 81.2 Å². The lowest BCUT2D eigenvalue weighted by Gasteiger charge is -2.12. The summed E-state index contributed by atoms with van der Waals surface area (Å²) < 4.78 is 10.7. The van der Waals surface area contributed by atoms with Gasteiger partial charge in [0.05, 0.1) is 19.8 Å². The number of aromatic hydroxyl groups is 1. The van der Waals surface area contributed by atoms with Gasteiger partial charge in [-0.05, 0) is 72.8 Å². The van der Waals surface area contributed by atoms with E-state index in [2.05, 4.69) is 20.6 Å². The van der Waals surface area contributed by atoms with E-state index < -0.39 is 0 Å². The Morgan fingerprint density at radius 1 is 0.829 bits per heavy atom. The van der Waals surface area contributed by atoms with Crippen LogP contribution < -0.4 is 20.1 Å². The number of allylic oxidation sites excluding steroid dienone is 1. The number of methoxy groups -OCH3 is 2. The van der Waals surface area contributed by atoms with Crippen LogP contribution in [0.2, 0.25) is 0 Å². The first-order valence-corrected chi connectivity index (χ1v) is 10.7. The molecule has 0 saturated carbocycles. The Bertz CT molecular complexity index is 1350. The fourth-order valence-electron chi connectivity index (χ4n) is 3.35. The molecule has 4 aromatic rings. The highest BCUT2D eigenvalue weighted by atomic mass is 16.5. The number of phenolic OH excluding ortho intramolecular Hbond substituents is 1. The number of benzene rings is 2. The van der Waals surface area contributed by atoms with Gasteiger partial charge in [0.15, 0.2) is 17.3 Å². The number of rotatable bonds is 9. The van der Waals surface area contributed by atoms with Crippen LogP contribution >= 0.6 is 0 Å². The van der Waals surface area contributed by atoms with E-state index in [0.29, 0.717) is 34.4 Å². The van der Waals surface area contributed by atoms with Gasteiger partial charge in [0.25, 0.3) is 0 Å². The van der Waals surface area contributed by atoms with Crippen LogP contribution in [0.4, 0.5) is 23.0 Å². The predicted molar refractivity (Wildman–Crippen MR) is 136 cm³/mol. The number of pyridine rings is 2. The van der Waals surface area contributed by atoms with Crippen molar-refractivity contribution in [2.24, 2.45) is 0 Å². The summed E-state index contributed by atoms with van der Waals surface area (Å²) in [7, 11) is 3.16. The van der Waals surface area contributed by atoms with Crippen LogP contribution in [0.5, 0.6) is 17.2 Å². The minimum Gasteiger partial charge on any atom is -0.508 e. The van der Waals surface area contributed by atoms with Gasteiger partial charge in [-0.1, -0.05) is 0 Å². The van der Waals surface area contributed by atoms with Crippen LogP contribution in [0.25, 0.3) is 6.08 Å². The Morgan fingerprint density at radius 3 is 2.23 bits per heavy atom. The molecule has 0 spiro atoms. The van der Waals surface area contributed by atoms with Gasteiger partial charge in [0.1, 0.15) is 17.4 Å². The lowest BCUT2D eigenvalue weighted by molar-refractivity contribution is 0.104. The maximum absolute atomic E-state index is 13.0. The smallest absolute Gasteiger partial charge is 0.189 e. The first-order valence-electron chi connectivity index (χ1n) is 10.7. The van der Waals surface area contributed by atoms with Crippen molar-refractivity contribution in [1.29, 1.82) is 0 Å². The zero-order chi connectivity index (χ0) is 24.6. The largest absolute Gasteiger partial charge is 0.508 e. The van der Waals surface area contributed by atoms with Crippen LogP contribution in [-0.4, -0.2) is 35.1 Å². The molecule has 0 amide bonds. The Labute approximate surface area is 202 Å². The van der Waals surface area contributed by atoms with E-state index in [1.165, 1.54) is 6.08 Å². The van der Waals surface area contributed by atoms with Crippen LogP contribution in [0.1, 0.15) is 15.9 Å². The number of anilines is 4. The second-order valence-corrected chi connectivity index (χ2v) is 7.41. The molecule has 0 bridgehead atoms. The fraction of sp³-hybridized carbons (Fsp3) is 0.0741. The molecule has 176 valence electrons. The number of carbonyl (C=O) groups is 1. The van der Waals surface area contributed by atoms with Crippen molar-refractivity contribution in [3.05, 3.63) is 96.3 Å². The van der Waals surface area contributed by atoms with Crippen LogP contribution in [0.3, 0.4) is 0 Å². The lowest BCUT2D eigenvalue weighted by Crippen LogP contribution is -2.03. The highest BCUT2D eigenvalue weighted by Crippen LogP contribution is 2.31. The summed E-state index contributed by atoms with van der Waals surface area (Å²) in [5.41, 5.74) is 2.60. The molecule has 8 heteroatoms. The molecule has 0 aliphatic heterocycles. The number of aromatic nitrogens is 2. The van der Waals surface area contributed by atoms with Crippen LogP contribution in [-0.2, 0) is 0 Å². The van der Waals surface area contributed by atoms with Crippen LogP contribution in [0, 0.1) is 0 Å². The second-order valence-electron chi connectivity index (χ2n) is 7.41. The van der Waals surface area contributed by atoms with Gasteiger partial charge in [-0.25, -0.2) is 9.97 Å². The van der Waals surface area contributed by atoms with E-state index in [1.807, 2.05) is 18.2 Å². The Hall–Kier alpha value is -4.85. The quantitative estimate of drug-likeness (QED) is 0.166. The average Bonchev–Trinajstić information content (AvgIpc) is 2.89. The van der Waals surface area contributed by atoms with E-state index in [0.717, 1.165) is 11.3 Å². The standard InChI is InChI=1S/C27H24N4O4/c1-34-24-14-10-20(17-25(24)35-2)31-26-18(5-3-15-28-26)7-13-23(33)22-6-4-16-29-27(22)30-19-8-11-21(32)12-9-19/h3-17,32H,1-2H3,(H,28,31)(H,29,30). The SMILES string of the molecule is COc1ccc(Nc2ncccc2C=CC(=O)c2cccnc2Nc2ccc(O)cc2)cc1OC. The molecule has 0 fully saturated rings. The zero-order valence-corrected chi connectivity index (χ0v) is 19.2. The second kappa shape index (κ2) is 10.8. The van der Waals surface area contributed by atoms with E-state index in [4.69, 9.17) is 9.47 Å². The lowest BCUT2D eigenvalue weighted by atomic mass is 10.1. The third-order valence-electron chi connectivity index (χ3n) is 5.10. The summed E-state index contributed by atoms with van der Waals surface area (Å²) in [5.74, 6) is 2.15. The van der Waals surface area contributed by atoms with Crippen LogP contribution in [0.15, 0.2) is 85.2 Å². The van der Waals surface area contributed by atoms with Crippen molar-refractivity contribution >= 4 is 34.9 Å². The number of hydrogen-bond acceptors (Lipinski definition) is 8. The van der Waals surface area contributed by atoms with Gasteiger partial charge < -0.3 is 25.2 Å². The number of hydrogen-bond donors (Lipinski definition) is 3. The molecule has 2 aromatic heterocycles. The summed E-state index contributed by atoms with van der Waals surface area (Å²) in [5, 5.41) is 15.9. The molecule has 35 heavy (non-hydrogen) atoms. The zero-order valence-electron chi connectivity index (χ0n) is 19.2. The third kappa shape index (κ3) is 5.75. The summed E-state index contributed by atoms with van der Waals surface area (Å²) in [6, 6.07) is 19.1. The maximum Gasteiger partial charge on any atom is 0.189 e. The van der Waals surface area contributed by atoms with Gasteiger partial charge in [-0.3, -0.25) is 4.79 Å². The topological polar surface area (TPSA) is 106 Å². The first kappa shape index (κ1) is 23.3. The monoisotopic (exact) mass is 468 g/mol. The molecule has 0 aliphatic rings. The molecule has 0 saturated heterocycles. The number of carbonyl (C=O) groups excluding carboxylic acids is 1. The van der Waals surface area contributed by atoms with Gasteiger partial charge in [0.2, 0.25) is 0 Å². The fourth-order valence-corrected chi connectivity index (χ4v) is 3.35. The highest BCUT2D eigenvalue weighted by Gasteiger charge is 2.11. The predicted octanol–water partition coefficient (Wildman–Crippen LogP) is 5.58. The van der Waals surface area contributed by atoms with E-state index >= 15 is 0 Å². The first-order chi connectivity index (χ1) is 17.1. The summed E-state index contributed by atoms with van der Waals surface area (Å²) in [6.45, 7) is 0. The maximum atomic E-state index is 13.0. The van der Waals surface area contributed by atoms with Gasteiger partial charge in [-0.15, -0.1) is 0 Å². The molecule has 8 nitrogen and oxygen atoms in total. The molecular weight excluding hydrogens is 444 g/mol. The minimum absolute atomic E-state index is 0.157. The van der Waals surface area contributed by atoms with Gasteiger partial charge in [-0.2, -0.15) is 0 Å². The molecule has 4 rings (SSSR count). The van der Waals surface area contributed by atoms with Crippen molar-refractivity contribution in [2.45, 2.75) is 0 Å². The number of ether oxygens (including phenoxy) is 2. The molecular formula is C27H24N4O4. The summed E-state index contributed by atoms with van der Waals surface area (Å²) in [6.07, 6.45) is 6.46. The van der Waals surface area contributed by atoms with Gasteiger partial charge >= 0.3 is 0 Å². The number of ketones is 1. The van der Waals surface area contributed by atoms with Crippen molar-refractivity contribution in [1.82, 2.24) is 9.97 Å². The molecule has 2 heterocycles. The Morgan fingerprint density at radius 2 is 1.49 bits per heavy atom. The molecule has 0 unspecified atom stereocenters. The summed E-state index contributed by atoms with van der Waals surface area (Å²) in [4.78, 5) is 21.7. The van der Waals surface area contributed by atoms with Crippen molar-refractivity contribution in [3.8, 4) is 17.2 Å². The molecule has 2 aromatic carbocycles. The molecule has 3 N–H and O–H groups in total. The molecule has 0 aliphatic carbocycles. The van der Waals surface area contributed by atoms with Crippen molar-refractivity contribution in [3.63, 3.8) is 0 Å². The van der Waals surface area contributed by atoms with Gasteiger partial charge in [0, 0.05) is 35.4 Å². The third-order valence-corrected chi connectivity index (χ3v) is 5.10. The number of phenols is 1. The number of nitrogens with zero attached hydrogens (tertiary/aromatic N) is 2. The van der Waals surface area contributed by atoms with E-state index in [9.17, 15) is 9.90 Å². The highest BCUT2D eigenvalue weighted by molar-refractivity contribution is 6.10. The van der Waals surface area contributed by atoms with Crippen molar-refractivity contribution in [2.75, 3.05) is 24.9 Å². The average molecular weight is 469 g/mol. The number of nitrogens with one attached hydrogen (secondary N) is 2. The van der Waals surface area contributed by atoms with E-state index in [-0.39, 0.29) is 11.5 Å². The molecule has 0 atom stereocenters. The minimum atomic E-state index is -0.222. The van der Waals surface area contributed by atoms with Crippen molar-refractivity contribution < 1.29 is 19.4 Å². The molecule has 0 radical (unpaired) electrons. The summed E-state index contributed by atoms with van der Waals surface area (Å²) >= 11 is 0. The Balaban J connectivity index is 1.55. The Kier molecular flexibility index (Phi) is 7.22. The normalized spacial score (nSPS) is 10.7.